The molecule has 0 unspecified atom stereocenters. The number of hydrogen-bond donors (Lipinski definition) is 2. The fourth-order valence-electron chi connectivity index (χ4n) is 2.44. The van der Waals surface area contributed by atoms with Crippen molar-refractivity contribution in [2.45, 2.75) is 6.92 Å². The molecule has 0 spiro atoms. The fourth-order valence-corrected chi connectivity index (χ4v) is 2.62. The Bertz CT molecular complexity index is 1050. The van der Waals surface area contributed by atoms with Crippen LogP contribution in [0.4, 0.5) is 11.4 Å². The molecule has 1 heterocycles. The van der Waals surface area contributed by atoms with Gasteiger partial charge in [0, 0.05) is 5.69 Å². The maximum absolute atomic E-state index is 12.3. The zero-order valence-electron chi connectivity index (χ0n) is 15.4. The number of hydrogen-bond acceptors (Lipinski definition) is 5. The summed E-state index contributed by atoms with van der Waals surface area (Å²) in [4.78, 5) is 36.4. The number of ether oxygens (including phenoxy) is 1. The van der Waals surface area contributed by atoms with Gasteiger partial charge >= 0.3 is 5.97 Å². The quantitative estimate of drug-likeness (QED) is 0.588. The molecule has 0 atom stereocenters. The fraction of sp³-hybridized carbons (Fsp3) is 0.0952. The second kappa shape index (κ2) is 9.07. The number of halogens is 1. The summed E-state index contributed by atoms with van der Waals surface area (Å²) in [5.74, 6) is -1.52. The molecule has 0 aliphatic rings. The first-order valence-electron chi connectivity index (χ1n) is 8.61. The van der Waals surface area contributed by atoms with Crippen molar-refractivity contribution in [2.24, 2.45) is 0 Å². The van der Waals surface area contributed by atoms with Crippen LogP contribution in [-0.2, 0) is 9.53 Å². The van der Waals surface area contributed by atoms with Gasteiger partial charge in [-0.1, -0.05) is 29.8 Å². The van der Waals surface area contributed by atoms with Crippen molar-refractivity contribution in [3.63, 3.8) is 0 Å². The molecule has 3 aromatic rings. The van der Waals surface area contributed by atoms with Crippen molar-refractivity contribution in [3.05, 3.63) is 82.8 Å². The van der Waals surface area contributed by atoms with E-state index in [0.29, 0.717) is 16.4 Å². The number of rotatable bonds is 6. The molecule has 0 aliphatic carbocycles. The van der Waals surface area contributed by atoms with Crippen LogP contribution in [0, 0.1) is 6.92 Å². The number of para-hydroxylation sites is 1. The minimum absolute atomic E-state index is 0.147. The molecular formula is C21H17ClN2O5. The van der Waals surface area contributed by atoms with Crippen LogP contribution < -0.4 is 10.6 Å². The van der Waals surface area contributed by atoms with E-state index in [4.69, 9.17) is 20.8 Å². The van der Waals surface area contributed by atoms with E-state index in [1.54, 1.807) is 49.4 Å². The molecule has 2 amide bonds. The average Bonchev–Trinajstić information content (AvgIpc) is 3.24. The molecular weight excluding hydrogens is 396 g/mol. The van der Waals surface area contributed by atoms with E-state index in [1.807, 2.05) is 0 Å². The molecule has 2 N–H and O–H groups in total. The van der Waals surface area contributed by atoms with E-state index in [1.165, 1.54) is 18.4 Å². The average molecular weight is 413 g/mol. The highest BCUT2D eigenvalue weighted by Gasteiger charge is 2.15. The van der Waals surface area contributed by atoms with E-state index in [2.05, 4.69) is 10.6 Å². The van der Waals surface area contributed by atoms with Crippen LogP contribution in [-0.4, -0.2) is 24.4 Å². The van der Waals surface area contributed by atoms with Gasteiger partial charge in [-0.15, -0.1) is 0 Å². The van der Waals surface area contributed by atoms with Crippen LogP contribution in [0.3, 0.4) is 0 Å². The molecule has 7 nitrogen and oxygen atoms in total. The molecule has 0 aliphatic heterocycles. The van der Waals surface area contributed by atoms with Crippen LogP contribution in [0.15, 0.2) is 65.3 Å². The van der Waals surface area contributed by atoms with Gasteiger partial charge in [0.1, 0.15) is 0 Å². The van der Waals surface area contributed by atoms with E-state index in [0.717, 1.165) is 5.56 Å². The van der Waals surface area contributed by atoms with E-state index >= 15 is 0 Å². The molecule has 0 saturated heterocycles. The molecule has 8 heteroatoms. The van der Waals surface area contributed by atoms with Crippen LogP contribution in [0.1, 0.15) is 26.5 Å². The van der Waals surface area contributed by atoms with Gasteiger partial charge in [0.2, 0.25) is 0 Å². The summed E-state index contributed by atoms with van der Waals surface area (Å²) < 4.78 is 10.1. The van der Waals surface area contributed by atoms with Crippen LogP contribution in [0.2, 0.25) is 5.02 Å². The Balaban J connectivity index is 1.61. The Hall–Kier alpha value is -3.58. The van der Waals surface area contributed by atoms with Crippen molar-refractivity contribution in [1.82, 2.24) is 0 Å². The van der Waals surface area contributed by atoms with Gasteiger partial charge < -0.3 is 19.8 Å². The lowest BCUT2D eigenvalue weighted by atomic mass is 10.1. The number of benzene rings is 2. The smallest absolute Gasteiger partial charge is 0.338 e. The molecule has 2 aromatic carbocycles. The summed E-state index contributed by atoms with van der Waals surface area (Å²) in [6.07, 6.45) is 1.39. The highest BCUT2D eigenvalue weighted by molar-refractivity contribution is 6.33. The summed E-state index contributed by atoms with van der Waals surface area (Å²) in [7, 11) is 0. The number of furan rings is 1. The molecule has 1 aromatic heterocycles. The van der Waals surface area contributed by atoms with Gasteiger partial charge in [0.25, 0.3) is 11.8 Å². The molecule has 0 bridgehead atoms. The van der Waals surface area contributed by atoms with Crippen LogP contribution >= 0.6 is 11.6 Å². The van der Waals surface area contributed by atoms with Crippen molar-refractivity contribution in [3.8, 4) is 0 Å². The standard InChI is InChI=1S/C21H17ClN2O5/c1-13-8-9-14(11-17(13)24-20(26)18-7-4-10-28-18)21(27)29-12-19(25)23-16-6-3-2-5-15(16)22/h2-11H,12H2,1H3,(H,23,25)(H,24,26). The topological polar surface area (TPSA) is 97.6 Å². The van der Waals surface area contributed by atoms with Crippen molar-refractivity contribution in [2.75, 3.05) is 17.2 Å². The molecule has 148 valence electrons. The Morgan fingerprint density at radius 2 is 1.79 bits per heavy atom. The van der Waals surface area contributed by atoms with E-state index < -0.39 is 24.4 Å². The summed E-state index contributed by atoms with van der Waals surface area (Å²) in [5.41, 5.74) is 1.80. The Kier molecular flexibility index (Phi) is 6.31. The number of aryl methyl sites for hydroxylation is 1. The monoisotopic (exact) mass is 412 g/mol. The SMILES string of the molecule is Cc1ccc(C(=O)OCC(=O)Nc2ccccc2Cl)cc1NC(=O)c1ccco1. The number of anilines is 2. The lowest BCUT2D eigenvalue weighted by Crippen LogP contribution is -2.21. The predicted molar refractivity (Wildman–Crippen MR) is 108 cm³/mol. The van der Waals surface area contributed by atoms with Crippen molar-refractivity contribution in [1.29, 1.82) is 0 Å². The molecule has 29 heavy (non-hydrogen) atoms. The first-order valence-corrected chi connectivity index (χ1v) is 8.99. The minimum Gasteiger partial charge on any atom is -0.459 e. The van der Waals surface area contributed by atoms with Gasteiger partial charge in [-0.25, -0.2) is 4.79 Å². The third-order valence-electron chi connectivity index (χ3n) is 3.95. The van der Waals surface area contributed by atoms with E-state index in [9.17, 15) is 14.4 Å². The van der Waals surface area contributed by atoms with Crippen LogP contribution in [0.5, 0.6) is 0 Å². The minimum atomic E-state index is -0.701. The lowest BCUT2D eigenvalue weighted by Gasteiger charge is -2.10. The third kappa shape index (κ3) is 5.24. The van der Waals surface area contributed by atoms with Gasteiger partial charge in [-0.3, -0.25) is 9.59 Å². The summed E-state index contributed by atoms with van der Waals surface area (Å²) in [5, 5.41) is 5.62. The number of carbonyl (C=O) groups excluding carboxylic acids is 3. The third-order valence-corrected chi connectivity index (χ3v) is 4.28. The summed E-state index contributed by atoms with van der Waals surface area (Å²) >= 11 is 5.97. The van der Waals surface area contributed by atoms with Gasteiger partial charge in [0.05, 0.1) is 22.5 Å². The Morgan fingerprint density at radius 1 is 1.00 bits per heavy atom. The van der Waals surface area contributed by atoms with Gasteiger partial charge in [0.15, 0.2) is 12.4 Å². The van der Waals surface area contributed by atoms with Crippen molar-refractivity contribution < 1.29 is 23.5 Å². The Labute approximate surface area is 171 Å². The number of nitrogens with one attached hydrogen (secondary N) is 2. The predicted octanol–water partition coefficient (Wildman–Crippen LogP) is 4.29. The lowest BCUT2D eigenvalue weighted by molar-refractivity contribution is -0.119. The molecule has 0 fully saturated rings. The molecule has 0 saturated carbocycles. The zero-order chi connectivity index (χ0) is 20.8. The second-order valence-electron chi connectivity index (χ2n) is 6.07. The first kappa shape index (κ1) is 20.2. The van der Waals surface area contributed by atoms with Crippen molar-refractivity contribution >= 4 is 40.8 Å². The first-order chi connectivity index (χ1) is 13.9. The normalized spacial score (nSPS) is 10.3. The number of esters is 1. The largest absolute Gasteiger partial charge is 0.459 e. The maximum Gasteiger partial charge on any atom is 0.338 e. The zero-order valence-corrected chi connectivity index (χ0v) is 16.2. The highest BCUT2D eigenvalue weighted by Crippen LogP contribution is 2.21. The Morgan fingerprint density at radius 3 is 2.52 bits per heavy atom. The second-order valence-corrected chi connectivity index (χ2v) is 6.47. The van der Waals surface area contributed by atoms with Gasteiger partial charge in [-0.2, -0.15) is 0 Å². The summed E-state index contributed by atoms with van der Waals surface area (Å²) in [6, 6.07) is 14.5. The number of carbonyl (C=O) groups is 3. The molecule has 3 rings (SSSR count). The van der Waals surface area contributed by atoms with Crippen LogP contribution in [0.25, 0.3) is 0 Å². The number of amides is 2. The van der Waals surface area contributed by atoms with Gasteiger partial charge in [-0.05, 0) is 48.9 Å². The van der Waals surface area contributed by atoms with E-state index in [-0.39, 0.29) is 11.3 Å². The molecule has 0 radical (unpaired) electrons. The highest BCUT2D eigenvalue weighted by atomic mass is 35.5. The summed E-state index contributed by atoms with van der Waals surface area (Å²) in [6.45, 7) is 1.30. The maximum atomic E-state index is 12.3.